The first-order valence-corrected chi connectivity index (χ1v) is 9.10. The van der Waals surface area contributed by atoms with Gasteiger partial charge in [0.15, 0.2) is 5.78 Å². The van der Waals surface area contributed by atoms with Crippen molar-refractivity contribution < 1.29 is 23.5 Å². The van der Waals surface area contributed by atoms with Crippen LogP contribution in [0.1, 0.15) is 52.1 Å². The van der Waals surface area contributed by atoms with Gasteiger partial charge in [-0.25, -0.2) is 4.39 Å². The van der Waals surface area contributed by atoms with Gasteiger partial charge in [0.05, 0.1) is 25.1 Å². The number of hydrogen-bond donors (Lipinski definition) is 1. The third-order valence-electron chi connectivity index (χ3n) is 4.03. The van der Waals surface area contributed by atoms with E-state index in [0.29, 0.717) is 5.56 Å². The smallest absolute Gasteiger partial charge is 0.307 e. The average molecular weight is 436 g/mol. The lowest BCUT2D eigenvalue weighted by molar-refractivity contribution is -0.141. The molecule has 0 bridgehead atoms. The monoisotopic (exact) mass is 435 g/mol. The molecule has 0 heterocycles. The van der Waals surface area contributed by atoms with E-state index in [2.05, 4.69) is 21.2 Å². The summed E-state index contributed by atoms with van der Waals surface area (Å²) >= 11 is 3.34. The third-order valence-corrected chi connectivity index (χ3v) is 4.55. The Hall–Kier alpha value is -2.54. The molecule has 0 aromatic heterocycles. The Bertz CT molecular complexity index is 852. The van der Waals surface area contributed by atoms with E-state index in [1.54, 1.807) is 31.2 Å². The minimum atomic E-state index is -0.669. The summed E-state index contributed by atoms with van der Waals surface area (Å²) in [6.07, 6.45) is 0.0671. The van der Waals surface area contributed by atoms with Gasteiger partial charge in [-0.2, -0.15) is 0 Å². The highest BCUT2D eigenvalue weighted by Crippen LogP contribution is 2.21. The van der Waals surface area contributed by atoms with E-state index in [0.717, 1.165) is 10.5 Å². The van der Waals surface area contributed by atoms with Crippen molar-refractivity contribution in [2.45, 2.75) is 25.8 Å². The van der Waals surface area contributed by atoms with E-state index in [1.807, 2.05) is 0 Å². The van der Waals surface area contributed by atoms with Gasteiger partial charge in [0.2, 0.25) is 0 Å². The molecule has 27 heavy (non-hydrogen) atoms. The third kappa shape index (κ3) is 5.47. The maximum Gasteiger partial charge on any atom is 0.307 e. The summed E-state index contributed by atoms with van der Waals surface area (Å²) in [7, 11) is 1.27. The number of amides is 1. The van der Waals surface area contributed by atoms with Crippen molar-refractivity contribution in [1.29, 1.82) is 0 Å². The largest absolute Gasteiger partial charge is 0.469 e. The number of methoxy groups -OCH3 is 1. The number of ether oxygens (including phenoxy) is 1. The molecule has 2 aromatic carbocycles. The molecule has 0 spiro atoms. The summed E-state index contributed by atoms with van der Waals surface area (Å²) in [6.45, 7) is 1.62. The summed E-state index contributed by atoms with van der Waals surface area (Å²) in [5.74, 6) is -2.06. The van der Waals surface area contributed by atoms with Crippen molar-refractivity contribution in [2.75, 3.05) is 7.11 Å². The van der Waals surface area contributed by atoms with Crippen LogP contribution >= 0.6 is 15.9 Å². The fourth-order valence-corrected chi connectivity index (χ4v) is 2.77. The van der Waals surface area contributed by atoms with Gasteiger partial charge < -0.3 is 10.1 Å². The van der Waals surface area contributed by atoms with E-state index in [4.69, 9.17) is 4.74 Å². The molecule has 0 saturated carbocycles. The first kappa shape index (κ1) is 20.8. The lowest BCUT2D eigenvalue weighted by Gasteiger charge is -2.18. The maximum atomic E-state index is 13.8. The van der Waals surface area contributed by atoms with Crippen molar-refractivity contribution in [1.82, 2.24) is 5.32 Å². The van der Waals surface area contributed by atoms with Gasteiger partial charge in [0.1, 0.15) is 5.82 Å². The van der Waals surface area contributed by atoms with E-state index in [9.17, 15) is 18.8 Å². The predicted molar refractivity (Wildman–Crippen MR) is 102 cm³/mol. The van der Waals surface area contributed by atoms with Crippen molar-refractivity contribution in [2.24, 2.45) is 0 Å². The number of carbonyl (C=O) groups excluding carboxylic acids is 3. The quantitative estimate of drug-likeness (QED) is 0.521. The molecule has 0 radical (unpaired) electrons. The molecule has 0 aliphatic rings. The van der Waals surface area contributed by atoms with Crippen molar-refractivity contribution in [3.8, 4) is 0 Å². The number of esters is 1. The van der Waals surface area contributed by atoms with Gasteiger partial charge in [0.25, 0.3) is 5.91 Å². The maximum absolute atomic E-state index is 13.8. The highest BCUT2D eigenvalue weighted by Gasteiger charge is 2.21. The van der Waals surface area contributed by atoms with Crippen LogP contribution in [0.25, 0.3) is 0 Å². The number of rotatable bonds is 7. The number of benzene rings is 2. The standard InChI is InChI=1S/C20H19BrFNO4/c1-3-18(24)15-10-13(6-9-16(15)22)20(26)23-17(11-19(25)27-2)12-4-7-14(21)8-5-12/h4-10,17H,3,11H2,1-2H3,(H,23,26)/t17-/m0/s1. The number of ketones is 1. The summed E-state index contributed by atoms with van der Waals surface area (Å²) in [5, 5.41) is 2.75. The molecule has 142 valence electrons. The fraction of sp³-hybridized carbons (Fsp3) is 0.250. The Morgan fingerprint density at radius 3 is 2.41 bits per heavy atom. The summed E-state index contributed by atoms with van der Waals surface area (Å²) < 4.78 is 19.4. The van der Waals surface area contributed by atoms with Crippen LogP contribution in [-0.2, 0) is 9.53 Å². The molecule has 5 nitrogen and oxygen atoms in total. The van der Waals surface area contributed by atoms with Crippen LogP contribution in [0.15, 0.2) is 46.9 Å². The Morgan fingerprint density at radius 1 is 1.15 bits per heavy atom. The van der Waals surface area contributed by atoms with E-state index in [1.165, 1.54) is 19.2 Å². The molecule has 0 fully saturated rings. The number of halogens is 2. The number of Topliss-reactive ketones (excluding diaryl/α,β-unsaturated/α-hetero) is 1. The van der Waals surface area contributed by atoms with Gasteiger partial charge in [-0.15, -0.1) is 0 Å². The van der Waals surface area contributed by atoms with E-state index >= 15 is 0 Å². The van der Waals surface area contributed by atoms with Crippen LogP contribution in [0.5, 0.6) is 0 Å². The topological polar surface area (TPSA) is 72.5 Å². The van der Waals surface area contributed by atoms with Gasteiger partial charge in [-0.3, -0.25) is 14.4 Å². The first-order valence-electron chi connectivity index (χ1n) is 8.31. The van der Waals surface area contributed by atoms with Crippen molar-refractivity contribution >= 4 is 33.6 Å². The van der Waals surface area contributed by atoms with Gasteiger partial charge >= 0.3 is 5.97 Å². The zero-order valence-corrected chi connectivity index (χ0v) is 16.5. The van der Waals surface area contributed by atoms with Crippen LogP contribution in [0.2, 0.25) is 0 Å². The predicted octanol–water partition coefficient (Wildman–Crippen LogP) is 4.22. The normalized spacial score (nSPS) is 11.6. The molecule has 0 saturated heterocycles. The molecular weight excluding hydrogens is 417 g/mol. The second-order valence-electron chi connectivity index (χ2n) is 5.83. The molecule has 2 aromatic rings. The van der Waals surface area contributed by atoms with Crippen LogP contribution in [0.4, 0.5) is 4.39 Å². The molecule has 1 amide bonds. The molecule has 1 N–H and O–H groups in total. The Balaban J connectivity index is 2.28. The molecule has 0 unspecified atom stereocenters. The SMILES string of the molecule is CCC(=O)c1cc(C(=O)N[C@@H](CC(=O)OC)c2ccc(Br)cc2)ccc1F. The molecule has 0 aliphatic carbocycles. The second kappa shape index (κ2) is 9.41. The molecule has 2 rings (SSSR count). The van der Waals surface area contributed by atoms with Crippen LogP contribution in [0.3, 0.4) is 0 Å². The van der Waals surface area contributed by atoms with Crippen molar-refractivity contribution in [3.05, 3.63) is 69.4 Å². The lowest BCUT2D eigenvalue weighted by Crippen LogP contribution is -2.30. The highest BCUT2D eigenvalue weighted by molar-refractivity contribution is 9.10. The highest BCUT2D eigenvalue weighted by atomic mass is 79.9. The number of carbonyl (C=O) groups is 3. The fourth-order valence-electron chi connectivity index (χ4n) is 2.51. The van der Waals surface area contributed by atoms with Crippen LogP contribution in [0, 0.1) is 5.82 Å². The van der Waals surface area contributed by atoms with Crippen LogP contribution in [-0.4, -0.2) is 24.8 Å². The number of hydrogen-bond acceptors (Lipinski definition) is 4. The summed E-state index contributed by atoms with van der Waals surface area (Å²) in [5.41, 5.74) is 0.724. The number of nitrogens with one attached hydrogen (secondary N) is 1. The van der Waals surface area contributed by atoms with Gasteiger partial charge in [-0.05, 0) is 35.9 Å². The zero-order chi connectivity index (χ0) is 20.0. The second-order valence-corrected chi connectivity index (χ2v) is 6.74. The summed E-state index contributed by atoms with van der Waals surface area (Å²) in [4.78, 5) is 36.2. The Kier molecular flexibility index (Phi) is 7.24. The van der Waals surface area contributed by atoms with Crippen molar-refractivity contribution in [3.63, 3.8) is 0 Å². The Morgan fingerprint density at radius 2 is 1.81 bits per heavy atom. The van der Waals surface area contributed by atoms with Crippen LogP contribution < -0.4 is 5.32 Å². The molecule has 1 atom stereocenters. The molecular formula is C20H19BrFNO4. The first-order chi connectivity index (χ1) is 12.8. The van der Waals surface area contributed by atoms with Gasteiger partial charge in [-0.1, -0.05) is 35.0 Å². The molecule has 0 aliphatic heterocycles. The zero-order valence-electron chi connectivity index (χ0n) is 14.9. The Labute approximate surface area is 165 Å². The molecule has 7 heteroatoms. The van der Waals surface area contributed by atoms with E-state index < -0.39 is 23.7 Å². The van der Waals surface area contributed by atoms with Gasteiger partial charge in [0, 0.05) is 16.5 Å². The minimum Gasteiger partial charge on any atom is -0.469 e. The summed E-state index contributed by atoms with van der Waals surface area (Å²) in [6, 6.07) is 10.1. The minimum absolute atomic E-state index is 0.0637. The average Bonchev–Trinajstić information content (AvgIpc) is 2.67. The van der Waals surface area contributed by atoms with E-state index in [-0.39, 0.29) is 29.8 Å². The lowest BCUT2D eigenvalue weighted by atomic mass is 10.0.